The van der Waals surface area contributed by atoms with Crippen molar-refractivity contribution in [2.45, 2.75) is 0 Å². The van der Waals surface area contributed by atoms with Crippen LogP contribution in [0.2, 0.25) is 0 Å². The first-order valence-electron chi connectivity index (χ1n) is 2.93. The minimum atomic E-state index is 0.787. The Balaban J connectivity index is 4.20. The standard InChI is InChI=1S/C9H11N/c1-4-6-8-9(10-3)7-5-2/h4-8H,1-3H2/b8-6-,9-7+. The number of aliphatic imine (C=N–C) groups is 1. The summed E-state index contributed by atoms with van der Waals surface area (Å²) in [6.07, 6.45) is 8.72. The van der Waals surface area contributed by atoms with Crippen LogP contribution in [0.4, 0.5) is 0 Å². The fourth-order valence-corrected chi connectivity index (χ4v) is 0.448. The monoisotopic (exact) mass is 133 g/mol. The predicted molar refractivity (Wildman–Crippen MR) is 47.2 cm³/mol. The minimum absolute atomic E-state index is 0.787. The molecule has 1 nitrogen and oxygen atoms in total. The van der Waals surface area contributed by atoms with Gasteiger partial charge < -0.3 is 0 Å². The molecule has 0 unspecified atom stereocenters. The lowest BCUT2D eigenvalue weighted by Crippen LogP contribution is -1.66. The minimum Gasteiger partial charge on any atom is -0.265 e. The van der Waals surface area contributed by atoms with Crippen LogP contribution in [0.3, 0.4) is 0 Å². The molecule has 0 heterocycles. The number of hydrogen-bond donors (Lipinski definition) is 0. The second-order valence-corrected chi connectivity index (χ2v) is 1.58. The molecular weight excluding hydrogens is 122 g/mol. The quantitative estimate of drug-likeness (QED) is 0.412. The van der Waals surface area contributed by atoms with Gasteiger partial charge in [-0.2, -0.15) is 0 Å². The van der Waals surface area contributed by atoms with Crippen molar-refractivity contribution in [3.05, 3.63) is 49.2 Å². The van der Waals surface area contributed by atoms with E-state index >= 15 is 0 Å². The third-order valence-corrected chi connectivity index (χ3v) is 0.874. The average Bonchev–Trinajstić information content (AvgIpc) is 1.98. The van der Waals surface area contributed by atoms with Crippen LogP contribution < -0.4 is 0 Å². The summed E-state index contributed by atoms with van der Waals surface area (Å²) in [5, 5.41) is 0. The van der Waals surface area contributed by atoms with Gasteiger partial charge in [0.15, 0.2) is 0 Å². The van der Waals surface area contributed by atoms with Gasteiger partial charge in [-0.05, 0) is 18.9 Å². The molecule has 0 aliphatic heterocycles. The fraction of sp³-hybridized carbons (Fsp3) is 0. The molecule has 0 fully saturated rings. The zero-order valence-corrected chi connectivity index (χ0v) is 5.96. The van der Waals surface area contributed by atoms with Crippen molar-refractivity contribution in [3.8, 4) is 0 Å². The summed E-state index contributed by atoms with van der Waals surface area (Å²) in [7, 11) is 0. The summed E-state index contributed by atoms with van der Waals surface area (Å²) in [5.74, 6) is 0. The van der Waals surface area contributed by atoms with Crippen molar-refractivity contribution >= 4 is 6.72 Å². The van der Waals surface area contributed by atoms with Crippen LogP contribution >= 0.6 is 0 Å². The van der Waals surface area contributed by atoms with E-state index < -0.39 is 0 Å². The van der Waals surface area contributed by atoms with Crippen LogP contribution in [0.1, 0.15) is 0 Å². The first-order valence-corrected chi connectivity index (χ1v) is 2.93. The molecule has 0 aliphatic rings. The number of nitrogens with zero attached hydrogens (tertiary/aromatic N) is 1. The van der Waals surface area contributed by atoms with E-state index in [1.807, 2.05) is 6.08 Å². The zero-order chi connectivity index (χ0) is 7.82. The molecule has 0 aromatic heterocycles. The summed E-state index contributed by atoms with van der Waals surface area (Å²) < 4.78 is 0. The lowest BCUT2D eigenvalue weighted by Gasteiger charge is -1.85. The maximum absolute atomic E-state index is 3.72. The van der Waals surface area contributed by atoms with Crippen LogP contribution in [0.25, 0.3) is 0 Å². The van der Waals surface area contributed by atoms with E-state index in [1.54, 1.807) is 24.3 Å². The highest BCUT2D eigenvalue weighted by Gasteiger charge is 1.78. The maximum atomic E-state index is 3.72. The second kappa shape index (κ2) is 5.76. The Bertz CT molecular complexity index is 185. The van der Waals surface area contributed by atoms with E-state index in [0.29, 0.717) is 0 Å². The van der Waals surface area contributed by atoms with E-state index in [4.69, 9.17) is 0 Å². The summed E-state index contributed by atoms with van der Waals surface area (Å²) in [6.45, 7) is 10.4. The van der Waals surface area contributed by atoms with Crippen molar-refractivity contribution in [3.63, 3.8) is 0 Å². The Hall–Kier alpha value is -1.37. The van der Waals surface area contributed by atoms with Gasteiger partial charge in [0.2, 0.25) is 0 Å². The Morgan fingerprint density at radius 3 is 2.30 bits per heavy atom. The number of hydrogen-bond acceptors (Lipinski definition) is 1. The molecule has 0 atom stereocenters. The Kier molecular flexibility index (Phi) is 4.97. The number of rotatable bonds is 4. The third-order valence-electron chi connectivity index (χ3n) is 0.874. The largest absolute Gasteiger partial charge is 0.265 e. The number of allylic oxidation sites excluding steroid dienone is 5. The van der Waals surface area contributed by atoms with Crippen molar-refractivity contribution in [2.75, 3.05) is 0 Å². The molecule has 0 aromatic carbocycles. The molecule has 0 bridgehead atoms. The van der Waals surface area contributed by atoms with Crippen molar-refractivity contribution in [1.82, 2.24) is 0 Å². The molecule has 52 valence electrons. The van der Waals surface area contributed by atoms with Gasteiger partial charge in [-0.1, -0.05) is 31.4 Å². The lowest BCUT2D eigenvalue weighted by molar-refractivity contribution is 1.44. The van der Waals surface area contributed by atoms with E-state index in [1.165, 1.54) is 0 Å². The average molecular weight is 133 g/mol. The highest BCUT2D eigenvalue weighted by Crippen LogP contribution is 1.97. The lowest BCUT2D eigenvalue weighted by atomic mass is 10.3. The fourth-order valence-electron chi connectivity index (χ4n) is 0.448. The summed E-state index contributed by atoms with van der Waals surface area (Å²) in [6, 6.07) is 0. The predicted octanol–water partition coefficient (Wildman–Crippen LogP) is 2.50. The maximum Gasteiger partial charge on any atom is 0.0622 e. The molecule has 0 amide bonds. The summed E-state index contributed by atoms with van der Waals surface area (Å²) in [4.78, 5) is 3.72. The van der Waals surface area contributed by atoms with Gasteiger partial charge in [-0.15, -0.1) is 0 Å². The van der Waals surface area contributed by atoms with Crippen molar-refractivity contribution in [1.29, 1.82) is 0 Å². The first-order chi connectivity index (χ1) is 4.85. The normalized spacial score (nSPS) is 11.4. The first kappa shape index (κ1) is 8.63. The van der Waals surface area contributed by atoms with E-state index in [2.05, 4.69) is 24.9 Å². The van der Waals surface area contributed by atoms with Crippen molar-refractivity contribution < 1.29 is 0 Å². The van der Waals surface area contributed by atoms with Crippen LogP contribution in [0, 0.1) is 0 Å². The molecule has 0 radical (unpaired) electrons. The SMILES string of the molecule is C=C/C=C\C(=C/C=C)N=C. The molecule has 0 N–H and O–H groups in total. The molecule has 0 saturated heterocycles. The van der Waals surface area contributed by atoms with Gasteiger partial charge >= 0.3 is 0 Å². The summed E-state index contributed by atoms with van der Waals surface area (Å²) in [5.41, 5.74) is 0.787. The Morgan fingerprint density at radius 2 is 1.90 bits per heavy atom. The third kappa shape index (κ3) is 3.61. The Labute approximate surface area is 61.8 Å². The highest BCUT2D eigenvalue weighted by molar-refractivity contribution is 5.35. The molecule has 10 heavy (non-hydrogen) atoms. The van der Waals surface area contributed by atoms with Crippen LogP contribution in [0.15, 0.2) is 54.2 Å². The zero-order valence-electron chi connectivity index (χ0n) is 5.96. The van der Waals surface area contributed by atoms with Crippen LogP contribution in [0.5, 0.6) is 0 Å². The smallest absolute Gasteiger partial charge is 0.0622 e. The van der Waals surface area contributed by atoms with Crippen LogP contribution in [-0.4, -0.2) is 6.72 Å². The van der Waals surface area contributed by atoms with Gasteiger partial charge in [0.25, 0.3) is 0 Å². The van der Waals surface area contributed by atoms with Crippen LogP contribution in [-0.2, 0) is 0 Å². The molecule has 1 heteroatoms. The molecule has 0 aliphatic carbocycles. The molecule has 0 aromatic rings. The molecular formula is C9H11N. The van der Waals surface area contributed by atoms with Gasteiger partial charge in [0.1, 0.15) is 0 Å². The van der Waals surface area contributed by atoms with Gasteiger partial charge in [-0.3, -0.25) is 4.99 Å². The topological polar surface area (TPSA) is 12.4 Å². The highest BCUT2D eigenvalue weighted by atomic mass is 14.7. The summed E-state index contributed by atoms with van der Waals surface area (Å²) >= 11 is 0. The van der Waals surface area contributed by atoms with Gasteiger partial charge in [-0.25, -0.2) is 0 Å². The molecule has 0 spiro atoms. The van der Waals surface area contributed by atoms with E-state index in [0.717, 1.165) is 5.70 Å². The second-order valence-electron chi connectivity index (χ2n) is 1.58. The Morgan fingerprint density at radius 1 is 1.20 bits per heavy atom. The van der Waals surface area contributed by atoms with E-state index in [-0.39, 0.29) is 0 Å². The van der Waals surface area contributed by atoms with Gasteiger partial charge in [0.05, 0.1) is 5.70 Å². The molecule has 0 rings (SSSR count). The van der Waals surface area contributed by atoms with Crippen molar-refractivity contribution in [2.24, 2.45) is 4.99 Å². The molecule has 0 saturated carbocycles. The van der Waals surface area contributed by atoms with E-state index in [9.17, 15) is 0 Å². The van der Waals surface area contributed by atoms with Gasteiger partial charge in [0, 0.05) is 0 Å².